The first kappa shape index (κ1) is 20.8. The molecule has 1 aromatic rings. The maximum atomic E-state index is 11.9. The predicted molar refractivity (Wildman–Crippen MR) is 102 cm³/mol. The molecule has 156 valence electrons. The van der Waals surface area contributed by atoms with E-state index in [1.807, 2.05) is 12.1 Å². The monoisotopic (exact) mass is 413 g/mol. The highest BCUT2D eigenvalue weighted by atomic mass is 16.7. The van der Waals surface area contributed by atoms with Crippen molar-refractivity contribution in [2.24, 2.45) is 5.16 Å². The van der Waals surface area contributed by atoms with Crippen LogP contribution in [0.25, 0.3) is 6.08 Å². The van der Waals surface area contributed by atoms with Gasteiger partial charge in [0, 0.05) is 24.0 Å². The minimum absolute atomic E-state index is 0.0337. The minimum atomic E-state index is -0.536. The van der Waals surface area contributed by atoms with Crippen LogP contribution in [0.1, 0.15) is 24.5 Å². The van der Waals surface area contributed by atoms with Crippen LogP contribution in [-0.2, 0) is 20.8 Å². The number of carbonyl (C=O) groups excluding carboxylic acids is 1. The van der Waals surface area contributed by atoms with Gasteiger partial charge in [-0.05, 0) is 13.0 Å². The molecule has 0 aromatic heterocycles. The van der Waals surface area contributed by atoms with Gasteiger partial charge in [-0.1, -0.05) is 5.16 Å². The summed E-state index contributed by atoms with van der Waals surface area (Å²) in [6, 6.07) is 3.66. The van der Waals surface area contributed by atoms with Crippen LogP contribution in [-0.4, -0.2) is 45.4 Å². The smallest absolute Gasteiger partial charge is 0.356 e. The molecule has 2 heterocycles. The first-order valence-electron chi connectivity index (χ1n) is 9.05. The van der Waals surface area contributed by atoms with E-state index in [0.717, 1.165) is 0 Å². The summed E-state index contributed by atoms with van der Waals surface area (Å²) in [6.07, 6.45) is 1.35. The molecule has 3 rings (SSSR count). The normalized spacial score (nSPS) is 15.9. The molecule has 0 aliphatic carbocycles. The van der Waals surface area contributed by atoms with Gasteiger partial charge in [0.2, 0.25) is 18.3 Å². The summed E-state index contributed by atoms with van der Waals surface area (Å²) in [5.41, 5.74) is 1.03. The molecule has 1 atom stereocenters. The van der Waals surface area contributed by atoms with Gasteiger partial charge < -0.3 is 28.5 Å². The highest BCUT2D eigenvalue weighted by Crippen LogP contribution is 2.53. The van der Waals surface area contributed by atoms with E-state index in [0.29, 0.717) is 34.1 Å². The summed E-state index contributed by atoms with van der Waals surface area (Å²) < 4.78 is 27.1. The van der Waals surface area contributed by atoms with Crippen molar-refractivity contribution in [3.8, 4) is 35.1 Å². The number of ether oxygens (including phenoxy) is 5. The average Bonchev–Trinajstić information content (AvgIpc) is 3.42. The maximum absolute atomic E-state index is 11.9. The van der Waals surface area contributed by atoms with Crippen LogP contribution >= 0.6 is 0 Å². The van der Waals surface area contributed by atoms with Gasteiger partial charge in [-0.25, -0.2) is 4.79 Å². The van der Waals surface area contributed by atoms with E-state index in [1.54, 1.807) is 6.92 Å². The van der Waals surface area contributed by atoms with Crippen LogP contribution in [0, 0.1) is 22.7 Å². The van der Waals surface area contributed by atoms with Crippen molar-refractivity contribution >= 4 is 17.8 Å². The zero-order valence-electron chi connectivity index (χ0n) is 16.7. The number of esters is 1. The quantitative estimate of drug-likeness (QED) is 0.487. The Labute approximate surface area is 172 Å². The Morgan fingerprint density at radius 2 is 1.87 bits per heavy atom. The summed E-state index contributed by atoms with van der Waals surface area (Å²) in [6.45, 7) is 1.90. The Bertz CT molecular complexity index is 985. The second-order valence-corrected chi connectivity index (χ2v) is 6.20. The number of allylic oxidation sites excluding steroid dienone is 1. The topological polar surface area (TPSA) is 132 Å². The fraction of sp³-hybridized carbons (Fsp3) is 0.400. The third-order valence-electron chi connectivity index (χ3n) is 4.48. The third-order valence-corrected chi connectivity index (χ3v) is 4.48. The number of rotatable bonds is 7. The van der Waals surface area contributed by atoms with Gasteiger partial charge >= 0.3 is 5.97 Å². The molecule has 1 aromatic carbocycles. The molecule has 2 aliphatic rings. The molecular formula is C20H19N3O7. The van der Waals surface area contributed by atoms with Crippen molar-refractivity contribution in [3.05, 3.63) is 16.7 Å². The molecule has 10 heteroatoms. The number of methoxy groups -OCH3 is 2. The summed E-state index contributed by atoms with van der Waals surface area (Å²) >= 11 is 0. The first-order chi connectivity index (χ1) is 14.6. The number of fused-ring (bicyclic) bond motifs is 1. The zero-order valence-corrected chi connectivity index (χ0v) is 16.7. The van der Waals surface area contributed by atoms with Crippen molar-refractivity contribution in [2.75, 3.05) is 27.6 Å². The number of hydrogen-bond donors (Lipinski definition) is 0. The maximum Gasteiger partial charge on any atom is 0.356 e. The van der Waals surface area contributed by atoms with Crippen LogP contribution < -0.4 is 18.9 Å². The van der Waals surface area contributed by atoms with E-state index in [2.05, 4.69) is 5.16 Å². The fourth-order valence-corrected chi connectivity index (χ4v) is 3.24. The lowest BCUT2D eigenvalue weighted by molar-refractivity contribution is -0.135. The summed E-state index contributed by atoms with van der Waals surface area (Å²) in [5.74, 6) is 0.785. The van der Waals surface area contributed by atoms with E-state index in [-0.39, 0.29) is 37.5 Å². The van der Waals surface area contributed by atoms with Gasteiger partial charge in [-0.2, -0.15) is 10.5 Å². The van der Waals surface area contributed by atoms with Crippen LogP contribution in [0.2, 0.25) is 0 Å². The molecule has 0 N–H and O–H groups in total. The molecule has 0 spiro atoms. The van der Waals surface area contributed by atoms with Crippen LogP contribution in [0.3, 0.4) is 0 Å². The Balaban J connectivity index is 2.05. The van der Waals surface area contributed by atoms with Crippen LogP contribution in [0.15, 0.2) is 10.7 Å². The average molecular weight is 413 g/mol. The van der Waals surface area contributed by atoms with E-state index >= 15 is 0 Å². The Kier molecular flexibility index (Phi) is 6.28. The highest BCUT2D eigenvalue weighted by molar-refractivity contribution is 6.36. The van der Waals surface area contributed by atoms with E-state index < -0.39 is 12.1 Å². The molecule has 0 saturated heterocycles. The highest BCUT2D eigenvalue weighted by Gasteiger charge is 2.34. The van der Waals surface area contributed by atoms with Gasteiger partial charge in [0.15, 0.2) is 17.2 Å². The molecule has 30 heavy (non-hydrogen) atoms. The lowest BCUT2D eigenvalue weighted by Crippen LogP contribution is -2.19. The molecule has 1 unspecified atom stereocenters. The molecule has 2 aliphatic heterocycles. The largest absolute Gasteiger partial charge is 0.492 e. The van der Waals surface area contributed by atoms with Crippen LogP contribution in [0.4, 0.5) is 0 Å². The summed E-state index contributed by atoms with van der Waals surface area (Å²) in [5, 5.41) is 22.3. The second-order valence-electron chi connectivity index (χ2n) is 6.20. The lowest BCUT2D eigenvalue weighted by Gasteiger charge is -2.19. The third kappa shape index (κ3) is 3.80. The Hall–Kier alpha value is -3.92. The number of benzene rings is 1. The molecule has 0 radical (unpaired) electrons. The summed E-state index contributed by atoms with van der Waals surface area (Å²) in [4.78, 5) is 17.3. The van der Waals surface area contributed by atoms with Gasteiger partial charge in [-0.3, -0.25) is 0 Å². The molecule has 10 nitrogen and oxygen atoms in total. The second kappa shape index (κ2) is 9.05. The molecule has 0 amide bonds. The lowest BCUT2D eigenvalue weighted by atomic mass is 9.94. The zero-order chi connectivity index (χ0) is 21.7. The molecular weight excluding hydrogens is 394 g/mol. The number of hydrogen-bond acceptors (Lipinski definition) is 10. The minimum Gasteiger partial charge on any atom is -0.492 e. The van der Waals surface area contributed by atoms with Crippen molar-refractivity contribution in [1.82, 2.24) is 0 Å². The fourth-order valence-electron chi connectivity index (χ4n) is 3.24. The molecule has 0 saturated carbocycles. The number of oxime groups is 1. The standard InChI is InChI=1S/C20H19N3O7/c1-4-27-20(24)15-7-12(30-23-15)6-14-13(5-11(8-21)9-22)16(25-2)18-19(17(14)26-3)29-10-28-18/h5,12H,4,6-7,10H2,1-3H3. The summed E-state index contributed by atoms with van der Waals surface area (Å²) in [7, 11) is 2.91. The van der Waals surface area contributed by atoms with Crippen molar-refractivity contribution in [2.45, 2.75) is 25.9 Å². The number of carbonyl (C=O) groups is 1. The number of nitrogens with zero attached hydrogens (tertiary/aromatic N) is 3. The SMILES string of the molecule is CCOC(=O)C1=NOC(Cc2c(C=C(C#N)C#N)c(OC)c3c(c2OC)OCO3)C1. The van der Waals surface area contributed by atoms with Crippen LogP contribution in [0.5, 0.6) is 23.0 Å². The number of nitriles is 2. The van der Waals surface area contributed by atoms with E-state index in [1.165, 1.54) is 20.3 Å². The Morgan fingerprint density at radius 1 is 1.20 bits per heavy atom. The van der Waals surface area contributed by atoms with Gasteiger partial charge in [0.25, 0.3) is 0 Å². The first-order valence-corrected chi connectivity index (χ1v) is 9.05. The molecule has 0 bridgehead atoms. The van der Waals surface area contributed by atoms with E-state index in [9.17, 15) is 15.3 Å². The predicted octanol–water partition coefficient (Wildman–Crippen LogP) is 2.11. The molecule has 0 fully saturated rings. The van der Waals surface area contributed by atoms with Crippen molar-refractivity contribution < 1.29 is 33.3 Å². The van der Waals surface area contributed by atoms with Gasteiger partial charge in [0.1, 0.15) is 23.8 Å². The Morgan fingerprint density at radius 3 is 2.47 bits per heavy atom. The van der Waals surface area contributed by atoms with E-state index in [4.69, 9.17) is 28.5 Å². The van der Waals surface area contributed by atoms with Gasteiger partial charge in [-0.15, -0.1) is 0 Å². The van der Waals surface area contributed by atoms with Gasteiger partial charge in [0.05, 0.1) is 20.8 Å². The van der Waals surface area contributed by atoms with Crippen molar-refractivity contribution in [1.29, 1.82) is 10.5 Å². The van der Waals surface area contributed by atoms with Crippen molar-refractivity contribution in [3.63, 3.8) is 0 Å².